The Balaban J connectivity index is 1.48. The molecule has 2 aromatic carbocycles. The van der Waals surface area contributed by atoms with E-state index >= 15 is 0 Å². The summed E-state index contributed by atoms with van der Waals surface area (Å²) in [4.78, 5) is 49.0. The van der Waals surface area contributed by atoms with Crippen molar-refractivity contribution in [2.24, 2.45) is 0 Å². The van der Waals surface area contributed by atoms with Gasteiger partial charge in [0.2, 0.25) is 0 Å². The summed E-state index contributed by atoms with van der Waals surface area (Å²) in [6, 6.07) is 17.8. The van der Waals surface area contributed by atoms with E-state index in [4.69, 9.17) is 4.98 Å². The number of aryl methyl sites for hydroxylation is 2. The molecule has 5 rings (SSSR count). The number of pyridine rings is 1. The van der Waals surface area contributed by atoms with E-state index < -0.39 is 0 Å². The van der Waals surface area contributed by atoms with Gasteiger partial charge in [-0.3, -0.25) is 19.3 Å². The van der Waals surface area contributed by atoms with Crippen molar-refractivity contribution >= 4 is 22.7 Å². The van der Waals surface area contributed by atoms with Crippen molar-refractivity contribution in [3.63, 3.8) is 0 Å². The summed E-state index contributed by atoms with van der Waals surface area (Å²) < 4.78 is 1.54. The average molecular weight is 424 g/mol. The monoisotopic (exact) mass is 424 g/mol. The number of carbonyl (C=O) groups excluding carboxylic acids is 2. The maximum absolute atomic E-state index is 13.3. The number of imide groups is 1. The first-order valence-electron chi connectivity index (χ1n) is 10.4. The topological polar surface area (TPSA) is 85.2 Å². The number of aromatic nitrogens is 3. The third kappa shape index (κ3) is 3.19. The molecule has 0 saturated heterocycles. The predicted molar refractivity (Wildman–Crippen MR) is 120 cm³/mol. The van der Waals surface area contributed by atoms with E-state index in [1.807, 2.05) is 31.2 Å². The molecule has 0 fully saturated rings. The summed E-state index contributed by atoms with van der Waals surface area (Å²) in [5, 5.41) is 0.515. The molecule has 0 radical (unpaired) electrons. The van der Waals surface area contributed by atoms with Gasteiger partial charge in [-0.1, -0.05) is 30.3 Å². The lowest BCUT2D eigenvalue weighted by Crippen LogP contribution is -2.31. The summed E-state index contributed by atoms with van der Waals surface area (Å²) >= 11 is 0. The van der Waals surface area contributed by atoms with Gasteiger partial charge in [0.05, 0.1) is 22.0 Å². The van der Waals surface area contributed by atoms with Crippen molar-refractivity contribution in [2.45, 2.75) is 19.8 Å². The van der Waals surface area contributed by atoms with Gasteiger partial charge in [0, 0.05) is 19.2 Å². The predicted octanol–water partition coefficient (Wildman–Crippen LogP) is 3.32. The van der Waals surface area contributed by atoms with Crippen LogP contribution in [0.5, 0.6) is 0 Å². The first-order valence-corrected chi connectivity index (χ1v) is 10.4. The molecule has 2 amide bonds. The van der Waals surface area contributed by atoms with Crippen LogP contribution in [0.3, 0.4) is 0 Å². The summed E-state index contributed by atoms with van der Waals surface area (Å²) in [6.07, 6.45) is 2.53. The van der Waals surface area contributed by atoms with Gasteiger partial charge in [0.1, 0.15) is 11.6 Å². The first-order chi connectivity index (χ1) is 15.6. The van der Waals surface area contributed by atoms with Crippen molar-refractivity contribution in [3.8, 4) is 5.82 Å². The number of para-hydroxylation sites is 1. The van der Waals surface area contributed by atoms with E-state index in [2.05, 4.69) is 4.98 Å². The number of amides is 2. The zero-order valence-corrected chi connectivity index (χ0v) is 17.5. The molecule has 0 N–H and O–H groups in total. The molecule has 0 saturated carbocycles. The van der Waals surface area contributed by atoms with Gasteiger partial charge in [-0.2, -0.15) is 0 Å². The molecule has 32 heavy (non-hydrogen) atoms. The highest BCUT2D eigenvalue weighted by Crippen LogP contribution is 2.23. The minimum Gasteiger partial charge on any atom is -0.274 e. The molecule has 0 bridgehead atoms. The first kappa shape index (κ1) is 19.8. The second kappa shape index (κ2) is 7.85. The minimum atomic E-state index is -0.282. The fourth-order valence-electron chi connectivity index (χ4n) is 4.11. The van der Waals surface area contributed by atoms with Gasteiger partial charge in [-0.15, -0.1) is 0 Å². The molecule has 0 unspecified atom stereocenters. The van der Waals surface area contributed by atoms with Crippen molar-refractivity contribution in [1.82, 2.24) is 19.4 Å². The molecule has 2 aromatic heterocycles. The number of nitrogens with zero attached hydrogens (tertiary/aromatic N) is 4. The molecule has 0 atom stereocenters. The van der Waals surface area contributed by atoms with Crippen LogP contribution >= 0.6 is 0 Å². The maximum atomic E-state index is 13.3. The molecule has 4 aromatic rings. The SMILES string of the molecule is Cc1cccnc1-n1c(CCCN2C(=O)c3ccccc3C2=O)nc2ccccc2c1=O. The van der Waals surface area contributed by atoms with Gasteiger partial charge in [-0.25, -0.2) is 14.5 Å². The number of hydrogen-bond donors (Lipinski definition) is 0. The fourth-order valence-corrected chi connectivity index (χ4v) is 4.11. The lowest BCUT2D eigenvalue weighted by molar-refractivity contribution is 0.0652. The van der Waals surface area contributed by atoms with Crippen LogP contribution < -0.4 is 5.56 Å². The van der Waals surface area contributed by atoms with Crippen LogP contribution in [0, 0.1) is 6.92 Å². The van der Waals surface area contributed by atoms with E-state index in [0.717, 1.165) is 5.56 Å². The highest BCUT2D eigenvalue weighted by atomic mass is 16.2. The Bertz CT molecular complexity index is 1410. The average Bonchev–Trinajstić information content (AvgIpc) is 3.05. The Morgan fingerprint density at radius 2 is 1.53 bits per heavy atom. The standard InChI is InChI=1S/C25H20N4O3/c1-16-8-6-14-26-22(16)29-21(27-20-12-5-4-11-19(20)25(29)32)13-7-15-28-23(30)17-9-2-3-10-18(17)24(28)31/h2-6,8-12,14H,7,13,15H2,1H3. The van der Waals surface area contributed by atoms with Gasteiger partial charge < -0.3 is 0 Å². The molecular weight excluding hydrogens is 404 g/mol. The Kier molecular flexibility index (Phi) is 4.86. The summed E-state index contributed by atoms with van der Waals surface area (Å²) in [5.41, 5.74) is 2.14. The number of benzene rings is 2. The lowest BCUT2D eigenvalue weighted by Gasteiger charge is -2.16. The van der Waals surface area contributed by atoms with Crippen molar-refractivity contribution < 1.29 is 9.59 Å². The van der Waals surface area contributed by atoms with Crippen molar-refractivity contribution in [2.75, 3.05) is 6.54 Å². The third-order valence-corrected chi connectivity index (χ3v) is 5.70. The quantitative estimate of drug-likeness (QED) is 0.459. The second-order valence-corrected chi connectivity index (χ2v) is 7.74. The third-order valence-electron chi connectivity index (χ3n) is 5.70. The number of hydrogen-bond acceptors (Lipinski definition) is 5. The zero-order valence-electron chi connectivity index (χ0n) is 17.5. The number of rotatable bonds is 5. The molecule has 158 valence electrons. The van der Waals surface area contributed by atoms with E-state index in [-0.39, 0.29) is 23.9 Å². The minimum absolute atomic E-state index is 0.187. The maximum Gasteiger partial charge on any atom is 0.267 e. The summed E-state index contributed by atoms with van der Waals surface area (Å²) in [5.74, 6) is 0.517. The Hall–Kier alpha value is -4.13. The molecule has 7 nitrogen and oxygen atoms in total. The highest BCUT2D eigenvalue weighted by molar-refractivity contribution is 6.21. The lowest BCUT2D eigenvalue weighted by atomic mass is 10.1. The van der Waals surface area contributed by atoms with Crippen LogP contribution in [0.2, 0.25) is 0 Å². The van der Waals surface area contributed by atoms with Crippen LogP contribution in [-0.2, 0) is 6.42 Å². The molecule has 3 heterocycles. The van der Waals surface area contributed by atoms with Crippen LogP contribution in [0.15, 0.2) is 71.7 Å². The van der Waals surface area contributed by atoms with Crippen LogP contribution in [-0.4, -0.2) is 37.8 Å². The Labute approximate surface area is 184 Å². The van der Waals surface area contributed by atoms with Gasteiger partial charge in [-0.05, 0) is 49.2 Å². The van der Waals surface area contributed by atoms with E-state index in [1.165, 1.54) is 4.90 Å². The zero-order chi connectivity index (χ0) is 22.2. The largest absolute Gasteiger partial charge is 0.274 e. The molecule has 7 heteroatoms. The smallest absolute Gasteiger partial charge is 0.267 e. The Morgan fingerprint density at radius 1 is 0.844 bits per heavy atom. The highest BCUT2D eigenvalue weighted by Gasteiger charge is 2.34. The number of fused-ring (bicyclic) bond motifs is 2. The van der Waals surface area contributed by atoms with Gasteiger partial charge in [0.25, 0.3) is 17.4 Å². The van der Waals surface area contributed by atoms with E-state index in [0.29, 0.717) is 46.5 Å². The van der Waals surface area contributed by atoms with Gasteiger partial charge >= 0.3 is 0 Å². The molecule has 0 spiro atoms. The molecule has 1 aliphatic heterocycles. The summed E-state index contributed by atoms with van der Waals surface area (Å²) in [6.45, 7) is 2.14. The van der Waals surface area contributed by atoms with E-state index in [1.54, 1.807) is 47.2 Å². The van der Waals surface area contributed by atoms with Crippen molar-refractivity contribution in [1.29, 1.82) is 0 Å². The van der Waals surface area contributed by atoms with Crippen LogP contribution in [0.4, 0.5) is 0 Å². The normalized spacial score (nSPS) is 13.1. The Morgan fingerprint density at radius 3 is 2.25 bits per heavy atom. The fraction of sp³-hybridized carbons (Fsp3) is 0.160. The van der Waals surface area contributed by atoms with Crippen molar-refractivity contribution in [3.05, 3.63) is 99.7 Å². The van der Waals surface area contributed by atoms with Gasteiger partial charge in [0.15, 0.2) is 0 Å². The van der Waals surface area contributed by atoms with Crippen LogP contribution in [0.1, 0.15) is 38.5 Å². The molecule has 1 aliphatic rings. The molecule has 0 aliphatic carbocycles. The van der Waals surface area contributed by atoms with Crippen LogP contribution in [0.25, 0.3) is 16.7 Å². The molecular formula is C25H20N4O3. The van der Waals surface area contributed by atoms with E-state index in [9.17, 15) is 14.4 Å². The summed E-state index contributed by atoms with van der Waals surface area (Å²) in [7, 11) is 0. The second-order valence-electron chi connectivity index (χ2n) is 7.74. The number of carbonyl (C=O) groups is 2.